The van der Waals surface area contributed by atoms with Crippen molar-refractivity contribution in [1.82, 2.24) is 9.21 Å². The summed E-state index contributed by atoms with van der Waals surface area (Å²) in [5, 5.41) is 0.716. The first kappa shape index (κ1) is 21.2. The van der Waals surface area contributed by atoms with E-state index in [1.165, 1.54) is 4.31 Å². The lowest BCUT2D eigenvalue weighted by Crippen LogP contribution is -2.50. The third-order valence-corrected chi connectivity index (χ3v) is 7.85. The Bertz CT molecular complexity index is 881. The molecule has 0 unspecified atom stereocenters. The number of halogens is 1. The summed E-state index contributed by atoms with van der Waals surface area (Å²) in [6.07, 6.45) is 1.26. The van der Waals surface area contributed by atoms with Crippen molar-refractivity contribution < 1.29 is 13.2 Å². The van der Waals surface area contributed by atoms with E-state index in [1.54, 1.807) is 47.0 Å². The summed E-state index contributed by atoms with van der Waals surface area (Å²) in [6, 6.07) is 16.1. The molecular weight excluding hydrogens is 416 g/mol. The van der Waals surface area contributed by atoms with Crippen LogP contribution in [0.2, 0.25) is 5.02 Å². The van der Waals surface area contributed by atoms with Gasteiger partial charge in [0.1, 0.15) is 0 Å². The molecule has 1 aliphatic rings. The molecule has 2 aromatic carbocycles. The molecule has 28 heavy (non-hydrogen) atoms. The van der Waals surface area contributed by atoms with Gasteiger partial charge in [0.25, 0.3) is 0 Å². The molecular formula is C20H23ClN2O3S2. The van der Waals surface area contributed by atoms with Crippen LogP contribution >= 0.6 is 23.4 Å². The van der Waals surface area contributed by atoms with Crippen LogP contribution in [-0.2, 0) is 14.8 Å². The van der Waals surface area contributed by atoms with Crippen LogP contribution in [-0.4, -0.2) is 55.5 Å². The van der Waals surface area contributed by atoms with Crippen LogP contribution in [0.3, 0.4) is 0 Å². The number of carbonyl (C=O) groups is 1. The van der Waals surface area contributed by atoms with Crippen molar-refractivity contribution in [2.45, 2.75) is 22.6 Å². The van der Waals surface area contributed by atoms with Gasteiger partial charge in [0, 0.05) is 42.5 Å². The van der Waals surface area contributed by atoms with Crippen molar-refractivity contribution in [1.29, 1.82) is 0 Å². The van der Waals surface area contributed by atoms with E-state index in [0.717, 1.165) is 17.1 Å². The maximum absolute atomic E-state index is 12.6. The number of amides is 1. The lowest BCUT2D eigenvalue weighted by Gasteiger charge is -2.34. The van der Waals surface area contributed by atoms with E-state index >= 15 is 0 Å². The highest BCUT2D eigenvalue weighted by Gasteiger charge is 2.29. The van der Waals surface area contributed by atoms with Crippen LogP contribution in [0.1, 0.15) is 12.8 Å². The SMILES string of the molecule is O=C(CCCSc1ccc(Cl)cc1)N1CCN(S(=O)(=O)c2ccccc2)CC1. The number of carbonyl (C=O) groups excluding carboxylic acids is 1. The van der Waals surface area contributed by atoms with Crippen molar-refractivity contribution in [3.05, 3.63) is 59.6 Å². The molecule has 1 amide bonds. The Labute approximate surface area is 175 Å². The molecule has 8 heteroatoms. The van der Waals surface area contributed by atoms with Gasteiger partial charge in [0.15, 0.2) is 0 Å². The molecule has 5 nitrogen and oxygen atoms in total. The highest BCUT2D eigenvalue weighted by atomic mass is 35.5. The number of hydrogen-bond acceptors (Lipinski definition) is 4. The molecule has 1 saturated heterocycles. The Hall–Kier alpha value is -1.54. The zero-order chi connectivity index (χ0) is 20.0. The predicted octanol–water partition coefficient (Wildman–Crippen LogP) is 3.75. The smallest absolute Gasteiger partial charge is 0.243 e. The third-order valence-electron chi connectivity index (χ3n) is 4.59. The molecule has 1 fully saturated rings. The molecule has 0 bridgehead atoms. The fourth-order valence-electron chi connectivity index (χ4n) is 3.02. The molecule has 150 valence electrons. The summed E-state index contributed by atoms with van der Waals surface area (Å²) in [7, 11) is -3.48. The Morgan fingerprint density at radius 1 is 0.964 bits per heavy atom. The van der Waals surface area contributed by atoms with Gasteiger partial charge < -0.3 is 4.90 Å². The molecule has 0 spiro atoms. The number of piperazine rings is 1. The standard InChI is InChI=1S/C20H23ClN2O3S2/c21-17-8-10-18(11-9-17)27-16-4-7-20(24)22-12-14-23(15-13-22)28(25,26)19-5-2-1-3-6-19/h1-3,5-6,8-11H,4,7,12-16H2. The van der Waals surface area contributed by atoms with Crippen LogP contribution in [0, 0.1) is 0 Å². The average molecular weight is 439 g/mol. The molecule has 0 atom stereocenters. The first-order valence-electron chi connectivity index (χ1n) is 9.18. The first-order chi connectivity index (χ1) is 13.5. The number of sulfonamides is 1. The minimum atomic E-state index is -3.48. The fraction of sp³-hybridized carbons (Fsp3) is 0.350. The maximum atomic E-state index is 12.6. The molecule has 0 saturated carbocycles. The van der Waals surface area contributed by atoms with Gasteiger partial charge in [0.2, 0.25) is 15.9 Å². The topological polar surface area (TPSA) is 57.7 Å². The molecule has 1 aliphatic heterocycles. The fourth-order valence-corrected chi connectivity index (χ4v) is 5.44. The van der Waals surface area contributed by atoms with Crippen LogP contribution < -0.4 is 0 Å². The highest BCUT2D eigenvalue weighted by molar-refractivity contribution is 7.99. The quantitative estimate of drug-likeness (QED) is 0.488. The third kappa shape index (κ3) is 5.50. The Kier molecular flexibility index (Phi) is 7.40. The van der Waals surface area contributed by atoms with Gasteiger partial charge in [-0.3, -0.25) is 4.79 Å². The van der Waals surface area contributed by atoms with Gasteiger partial charge in [0.05, 0.1) is 4.90 Å². The number of thioether (sulfide) groups is 1. The lowest BCUT2D eigenvalue weighted by molar-refractivity contribution is -0.132. The second kappa shape index (κ2) is 9.78. The summed E-state index contributed by atoms with van der Waals surface area (Å²) in [4.78, 5) is 15.6. The van der Waals surface area contributed by atoms with E-state index in [0.29, 0.717) is 42.5 Å². The Morgan fingerprint density at radius 2 is 1.61 bits per heavy atom. The molecule has 0 aromatic heterocycles. The minimum Gasteiger partial charge on any atom is -0.340 e. The molecule has 0 aliphatic carbocycles. The van der Waals surface area contributed by atoms with E-state index in [1.807, 2.05) is 24.3 Å². The van der Waals surface area contributed by atoms with E-state index in [9.17, 15) is 13.2 Å². The van der Waals surface area contributed by atoms with Crippen LogP contribution in [0.25, 0.3) is 0 Å². The average Bonchev–Trinajstić information content (AvgIpc) is 2.73. The van der Waals surface area contributed by atoms with Crippen LogP contribution in [0.4, 0.5) is 0 Å². The number of hydrogen-bond donors (Lipinski definition) is 0. The van der Waals surface area contributed by atoms with Crippen molar-refractivity contribution in [3.63, 3.8) is 0 Å². The van der Waals surface area contributed by atoms with E-state index in [4.69, 9.17) is 11.6 Å². The van der Waals surface area contributed by atoms with E-state index < -0.39 is 10.0 Å². The summed E-state index contributed by atoms with van der Waals surface area (Å²) >= 11 is 7.58. The summed E-state index contributed by atoms with van der Waals surface area (Å²) in [5.74, 6) is 0.948. The second-order valence-electron chi connectivity index (χ2n) is 6.50. The number of nitrogens with zero attached hydrogens (tertiary/aromatic N) is 2. The zero-order valence-electron chi connectivity index (χ0n) is 15.5. The molecule has 1 heterocycles. The first-order valence-corrected chi connectivity index (χ1v) is 12.0. The van der Waals surface area contributed by atoms with Gasteiger partial charge in [-0.25, -0.2) is 8.42 Å². The summed E-state index contributed by atoms with van der Waals surface area (Å²) in [6.45, 7) is 1.55. The Balaban J connectivity index is 1.42. The van der Waals surface area contributed by atoms with E-state index in [2.05, 4.69) is 0 Å². The number of benzene rings is 2. The monoisotopic (exact) mass is 438 g/mol. The number of rotatable bonds is 7. The largest absolute Gasteiger partial charge is 0.340 e. The molecule has 2 aromatic rings. The maximum Gasteiger partial charge on any atom is 0.243 e. The van der Waals surface area contributed by atoms with Crippen molar-refractivity contribution >= 4 is 39.3 Å². The molecule has 0 N–H and O–H groups in total. The van der Waals surface area contributed by atoms with Gasteiger partial charge in [-0.2, -0.15) is 4.31 Å². The lowest BCUT2D eigenvalue weighted by atomic mass is 10.2. The summed E-state index contributed by atoms with van der Waals surface area (Å²) < 4.78 is 26.7. The highest BCUT2D eigenvalue weighted by Crippen LogP contribution is 2.22. The normalized spacial score (nSPS) is 15.5. The van der Waals surface area contributed by atoms with Crippen LogP contribution in [0.15, 0.2) is 64.4 Å². The van der Waals surface area contributed by atoms with E-state index in [-0.39, 0.29) is 5.91 Å². The van der Waals surface area contributed by atoms with Gasteiger partial charge in [-0.15, -0.1) is 11.8 Å². The van der Waals surface area contributed by atoms with Crippen molar-refractivity contribution in [2.24, 2.45) is 0 Å². The van der Waals surface area contributed by atoms with Crippen molar-refractivity contribution in [2.75, 3.05) is 31.9 Å². The summed E-state index contributed by atoms with van der Waals surface area (Å²) in [5.41, 5.74) is 0. The van der Waals surface area contributed by atoms with Gasteiger partial charge >= 0.3 is 0 Å². The minimum absolute atomic E-state index is 0.0912. The van der Waals surface area contributed by atoms with Gasteiger partial charge in [-0.05, 0) is 48.6 Å². The Morgan fingerprint density at radius 3 is 2.25 bits per heavy atom. The van der Waals surface area contributed by atoms with Crippen LogP contribution in [0.5, 0.6) is 0 Å². The predicted molar refractivity (Wildman–Crippen MR) is 113 cm³/mol. The zero-order valence-corrected chi connectivity index (χ0v) is 17.8. The van der Waals surface area contributed by atoms with Crippen molar-refractivity contribution in [3.8, 4) is 0 Å². The molecule has 3 rings (SSSR count). The molecule has 0 radical (unpaired) electrons. The van der Waals surface area contributed by atoms with Gasteiger partial charge in [-0.1, -0.05) is 29.8 Å². The second-order valence-corrected chi connectivity index (χ2v) is 10.0.